The summed E-state index contributed by atoms with van der Waals surface area (Å²) in [5.41, 5.74) is 2.01. The van der Waals surface area contributed by atoms with Gasteiger partial charge >= 0.3 is 0 Å². The van der Waals surface area contributed by atoms with E-state index in [4.69, 9.17) is 16.3 Å². The van der Waals surface area contributed by atoms with Crippen molar-refractivity contribution >= 4 is 17.5 Å². The Labute approximate surface area is 149 Å². The van der Waals surface area contributed by atoms with Crippen molar-refractivity contribution in [2.24, 2.45) is 0 Å². The van der Waals surface area contributed by atoms with Crippen LogP contribution in [0.5, 0.6) is 5.75 Å². The normalized spacial score (nSPS) is 11.2. The van der Waals surface area contributed by atoms with Gasteiger partial charge in [-0.15, -0.1) is 0 Å². The minimum absolute atomic E-state index is 0.0178. The molecule has 0 aliphatic heterocycles. The first-order valence-electron chi connectivity index (χ1n) is 8.10. The second-order valence-corrected chi connectivity index (χ2v) is 7.12. The Morgan fingerprint density at radius 1 is 1.08 bits per heavy atom. The van der Waals surface area contributed by atoms with Crippen molar-refractivity contribution in [3.05, 3.63) is 64.7 Å². The van der Waals surface area contributed by atoms with Crippen LogP contribution >= 0.6 is 11.6 Å². The zero-order valence-electron chi connectivity index (χ0n) is 14.4. The van der Waals surface area contributed by atoms with Gasteiger partial charge in [0.1, 0.15) is 12.4 Å². The fourth-order valence-electron chi connectivity index (χ4n) is 2.44. The molecule has 2 aromatic rings. The summed E-state index contributed by atoms with van der Waals surface area (Å²) in [7, 11) is 0. The molecule has 0 aromatic heterocycles. The molecular formula is C20H24ClNO2. The molecule has 0 radical (unpaired) electrons. The van der Waals surface area contributed by atoms with E-state index >= 15 is 0 Å². The standard InChI is InChI=1S/C20H24ClNO2/c1-20(2,3)16-9-5-7-11-18(16)24-13-12-22-19(23)14-15-8-4-6-10-17(15)21/h4-11H,12-14H2,1-3H3,(H,22,23). The van der Waals surface area contributed by atoms with Gasteiger partial charge in [-0.25, -0.2) is 0 Å². The molecule has 0 spiro atoms. The average molecular weight is 346 g/mol. The second kappa shape index (κ2) is 8.20. The van der Waals surface area contributed by atoms with Gasteiger partial charge in [0.05, 0.1) is 13.0 Å². The fraction of sp³-hybridized carbons (Fsp3) is 0.350. The van der Waals surface area contributed by atoms with Crippen LogP contribution < -0.4 is 10.1 Å². The van der Waals surface area contributed by atoms with E-state index in [9.17, 15) is 4.79 Å². The predicted octanol–water partition coefficient (Wildman–Crippen LogP) is 4.38. The van der Waals surface area contributed by atoms with Gasteiger partial charge in [-0.2, -0.15) is 0 Å². The maximum Gasteiger partial charge on any atom is 0.224 e. The van der Waals surface area contributed by atoms with Crippen molar-refractivity contribution < 1.29 is 9.53 Å². The lowest BCUT2D eigenvalue weighted by molar-refractivity contribution is -0.120. The van der Waals surface area contributed by atoms with Crippen LogP contribution in [0.2, 0.25) is 5.02 Å². The SMILES string of the molecule is CC(C)(C)c1ccccc1OCCNC(=O)Cc1ccccc1Cl. The quantitative estimate of drug-likeness (QED) is 0.789. The lowest BCUT2D eigenvalue weighted by Crippen LogP contribution is -2.29. The molecule has 0 heterocycles. The summed E-state index contributed by atoms with van der Waals surface area (Å²) in [5.74, 6) is 0.807. The Kier molecular flexibility index (Phi) is 6.27. The van der Waals surface area contributed by atoms with Gasteiger partial charge < -0.3 is 10.1 Å². The van der Waals surface area contributed by atoms with Crippen LogP contribution in [0, 0.1) is 0 Å². The number of rotatable bonds is 6. The third kappa shape index (κ3) is 5.27. The third-order valence-corrected chi connectivity index (χ3v) is 4.05. The van der Waals surface area contributed by atoms with Crippen LogP contribution in [0.1, 0.15) is 31.9 Å². The predicted molar refractivity (Wildman–Crippen MR) is 98.8 cm³/mol. The van der Waals surface area contributed by atoms with E-state index in [1.165, 1.54) is 0 Å². The lowest BCUT2D eigenvalue weighted by atomic mass is 9.86. The van der Waals surface area contributed by atoms with E-state index in [1.807, 2.05) is 36.4 Å². The smallest absolute Gasteiger partial charge is 0.224 e. The summed E-state index contributed by atoms with van der Waals surface area (Å²) in [4.78, 5) is 12.0. The summed E-state index contributed by atoms with van der Waals surface area (Å²) in [6.45, 7) is 7.35. The van der Waals surface area contributed by atoms with Crippen LogP contribution in [0.3, 0.4) is 0 Å². The summed E-state index contributed by atoms with van der Waals surface area (Å²) in [6, 6.07) is 15.4. The maximum absolute atomic E-state index is 12.0. The van der Waals surface area contributed by atoms with Crippen molar-refractivity contribution in [2.75, 3.05) is 13.2 Å². The van der Waals surface area contributed by atoms with Crippen molar-refractivity contribution in [3.8, 4) is 5.75 Å². The summed E-state index contributed by atoms with van der Waals surface area (Å²) < 4.78 is 5.85. The number of hydrogen-bond acceptors (Lipinski definition) is 2. The van der Waals surface area contributed by atoms with Crippen LogP contribution in [0.25, 0.3) is 0 Å². The van der Waals surface area contributed by atoms with Gasteiger partial charge in [-0.05, 0) is 28.7 Å². The van der Waals surface area contributed by atoms with Gasteiger partial charge in [0.2, 0.25) is 5.91 Å². The third-order valence-electron chi connectivity index (χ3n) is 3.69. The second-order valence-electron chi connectivity index (χ2n) is 6.71. The Hall–Kier alpha value is -2.00. The number of nitrogens with one attached hydrogen (secondary N) is 1. The molecule has 1 amide bonds. The zero-order chi connectivity index (χ0) is 17.6. The summed E-state index contributed by atoms with van der Waals surface area (Å²) in [5, 5.41) is 3.48. The van der Waals surface area contributed by atoms with Crippen LogP contribution in [-0.4, -0.2) is 19.1 Å². The molecule has 1 N–H and O–H groups in total. The topological polar surface area (TPSA) is 38.3 Å². The van der Waals surface area contributed by atoms with Gasteiger partial charge in [-0.3, -0.25) is 4.79 Å². The van der Waals surface area contributed by atoms with Crippen molar-refractivity contribution in [3.63, 3.8) is 0 Å². The molecule has 24 heavy (non-hydrogen) atoms. The molecule has 0 aliphatic carbocycles. The molecule has 0 saturated carbocycles. The first kappa shape index (κ1) is 18.3. The number of carbonyl (C=O) groups excluding carboxylic acids is 1. The molecule has 0 aliphatic rings. The first-order chi connectivity index (χ1) is 11.4. The molecule has 0 saturated heterocycles. The number of benzene rings is 2. The molecule has 0 atom stereocenters. The number of hydrogen-bond donors (Lipinski definition) is 1. The zero-order valence-corrected chi connectivity index (χ0v) is 15.2. The van der Waals surface area contributed by atoms with Gasteiger partial charge in [0, 0.05) is 5.02 Å². The molecule has 4 heteroatoms. The van der Waals surface area contributed by atoms with E-state index in [0.29, 0.717) is 18.2 Å². The minimum Gasteiger partial charge on any atom is -0.491 e. The monoisotopic (exact) mass is 345 g/mol. The largest absolute Gasteiger partial charge is 0.491 e. The molecular weight excluding hydrogens is 322 g/mol. The maximum atomic E-state index is 12.0. The number of carbonyl (C=O) groups is 1. The molecule has 0 fully saturated rings. The minimum atomic E-state index is -0.0594. The first-order valence-corrected chi connectivity index (χ1v) is 8.48. The summed E-state index contributed by atoms with van der Waals surface area (Å²) >= 11 is 6.07. The van der Waals surface area contributed by atoms with Crippen LogP contribution in [0.4, 0.5) is 0 Å². The van der Waals surface area contributed by atoms with Crippen molar-refractivity contribution in [1.82, 2.24) is 5.32 Å². The lowest BCUT2D eigenvalue weighted by Gasteiger charge is -2.22. The highest BCUT2D eigenvalue weighted by atomic mass is 35.5. The number of ether oxygens (including phenoxy) is 1. The number of halogens is 1. The molecule has 0 unspecified atom stereocenters. The van der Waals surface area contributed by atoms with Crippen LogP contribution in [0.15, 0.2) is 48.5 Å². The Morgan fingerprint density at radius 3 is 2.46 bits per heavy atom. The van der Waals surface area contributed by atoms with Crippen molar-refractivity contribution in [1.29, 1.82) is 0 Å². The van der Waals surface area contributed by atoms with Gasteiger partial charge in [-0.1, -0.05) is 68.8 Å². The summed E-state index contributed by atoms with van der Waals surface area (Å²) in [6.07, 6.45) is 0.276. The molecule has 2 aromatic carbocycles. The van der Waals surface area contributed by atoms with Gasteiger partial charge in [0.25, 0.3) is 0 Å². The number of amides is 1. The molecule has 2 rings (SSSR count). The van der Waals surface area contributed by atoms with E-state index in [2.05, 4.69) is 32.2 Å². The highest BCUT2D eigenvalue weighted by Crippen LogP contribution is 2.30. The van der Waals surface area contributed by atoms with E-state index in [1.54, 1.807) is 6.07 Å². The highest BCUT2D eigenvalue weighted by molar-refractivity contribution is 6.31. The Balaban J connectivity index is 1.81. The highest BCUT2D eigenvalue weighted by Gasteiger charge is 2.18. The van der Waals surface area contributed by atoms with Gasteiger partial charge in [0.15, 0.2) is 0 Å². The van der Waals surface area contributed by atoms with Crippen molar-refractivity contribution in [2.45, 2.75) is 32.6 Å². The Morgan fingerprint density at radius 2 is 1.75 bits per heavy atom. The molecule has 128 valence electrons. The molecule has 0 bridgehead atoms. The fourth-order valence-corrected chi connectivity index (χ4v) is 2.64. The number of para-hydroxylation sites is 1. The molecule has 3 nitrogen and oxygen atoms in total. The Bertz CT molecular complexity index is 692. The van der Waals surface area contributed by atoms with E-state index in [-0.39, 0.29) is 17.7 Å². The van der Waals surface area contributed by atoms with E-state index in [0.717, 1.165) is 16.9 Å². The van der Waals surface area contributed by atoms with Crippen LogP contribution in [-0.2, 0) is 16.6 Å². The van der Waals surface area contributed by atoms with E-state index < -0.39 is 0 Å². The average Bonchev–Trinajstić information content (AvgIpc) is 2.53.